The molecular weight excluding hydrogens is 266 g/mol. The number of allylic oxidation sites excluding steroid dienone is 1. The summed E-state index contributed by atoms with van der Waals surface area (Å²) in [5.41, 5.74) is 1.30. The Morgan fingerprint density at radius 1 is 1.33 bits per heavy atom. The van der Waals surface area contributed by atoms with Crippen LogP contribution in [0.3, 0.4) is 0 Å². The van der Waals surface area contributed by atoms with E-state index in [1.807, 2.05) is 17.1 Å². The maximum Gasteiger partial charge on any atom is 0.0511 e. The van der Waals surface area contributed by atoms with Crippen molar-refractivity contribution in [3.63, 3.8) is 0 Å². The van der Waals surface area contributed by atoms with Crippen LogP contribution in [0.25, 0.3) is 0 Å². The average Bonchev–Trinajstić information content (AvgIpc) is 2.84. The summed E-state index contributed by atoms with van der Waals surface area (Å²) < 4.78 is 0. The van der Waals surface area contributed by atoms with Crippen molar-refractivity contribution in [2.24, 2.45) is 17.5 Å². The van der Waals surface area contributed by atoms with Crippen molar-refractivity contribution >= 4 is 0 Å². The van der Waals surface area contributed by atoms with Crippen molar-refractivity contribution < 1.29 is 0 Å². The fourth-order valence-corrected chi connectivity index (χ4v) is 3.41. The van der Waals surface area contributed by atoms with E-state index >= 15 is 0 Å². The average molecular weight is 297 g/mol. The molecule has 0 aliphatic carbocycles. The van der Waals surface area contributed by atoms with Gasteiger partial charge in [-0.2, -0.15) is 0 Å². The minimum Gasteiger partial charge on any atom is -0.375 e. The van der Waals surface area contributed by atoms with Crippen LogP contribution in [0.4, 0.5) is 0 Å². The second-order valence-corrected chi connectivity index (χ2v) is 6.35. The normalized spacial score (nSPS) is 25.6. The lowest BCUT2D eigenvalue weighted by Gasteiger charge is -2.34. The molecule has 2 unspecified atom stereocenters. The summed E-state index contributed by atoms with van der Waals surface area (Å²) in [5.74, 6) is 18.0. The number of likely N-dealkylation sites (N-methyl/N-ethyl adjacent to an activating group) is 2. The van der Waals surface area contributed by atoms with E-state index in [-0.39, 0.29) is 0 Å². The summed E-state index contributed by atoms with van der Waals surface area (Å²) >= 11 is 0. The molecule has 0 radical (unpaired) electrons. The van der Waals surface area contributed by atoms with Crippen LogP contribution in [0, 0.1) is 0 Å². The van der Waals surface area contributed by atoms with E-state index in [1.165, 1.54) is 12.1 Å². The van der Waals surface area contributed by atoms with Gasteiger partial charge < -0.3 is 9.91 Å². The zero-order chi connectivity index (χ0) is 15.4. The van der Waals surface area contributed by atoms with Gasteiger partial charge in [0.1, 0.15) is 0 Å². The monoisotopic (exact) mass is 297 g/mol. The molecule has 2 rings (SSSR count). The highest BCUT2D eigenvalue weighted by Gasteiger charge is 2.31. The van der Waals surface area contributed by atoms with Gasteiger partial charge in [-0.25, -0.2) is 15.9 Å². The van der Waals surface area contributed by atoms with E-state index in [0.717, 1.165) is 45.3 Å². The molecule has 1 fully saturated rings. The SMILES string of the molecule is CN1CCN(N)C=C1CCCC(C1CCCN1N)N(C)N. The molecule has 2 aliphatic heterocycles. The molecule has 0 aromatic carbocycles. The fourth-order valence-electron chi connectivity index (χ4n) is 3.41. The van der Waals surface area contributed by atoms with Crippen LogP contribution in [0.15, 0.2) is 11.9 Å². The van der Waals surface area contributed by atoms with Crippen LogP contribution >= 0.6 is 0 Å². The highest BCUT2D eigenvalue weighted by atomic mass is 15.5. The molecule has 0 saturated carbocycles. The smallest absolute Gasteiger partial charge is 0.0511 e. The first-order valence-electron chi connectivity index (χ1n) is 7.91. The zero-order valence-electron chi connectivity index (χ0n) is 13.4. The maximum absolute atomic E-state index is 6.08. The summed E-state index contributed by atoms with van der Waals surface area (Å²) in [7, 11) is 4.08. The van der Waals surface area contributed by atoms with Gasteiger partial charge in [-0.05, 0) is 32.1 Å². The third-order valence-electron chi connectivity index (χ3n) is 4.74. The molecule has 0 bridgehead atoms. The number of hydrazine groups is 3. The Morgan fingerprint density at radius 2 is 2.10 bits per heavy atom. The largest absolute Gasteiger partial charge is 0.375 e. The van der Waals surface area contributed by atoms with E-state index in [2.05, 4.69) is 18.1 Å². The van der Waals surface area contributed by atoms with Gasteiger partial charge in [0.2, 0.25) is 0 Å². The molecule has 122 valence electrons. The van der Waals surface area contributed by atoms with E-state index in [0.29, 0.717) is 12.1 Å². The predicted octanol–water partition coefficient (Wildman–Crippen LogP) is -0.369. The summed E-state index contributed by atoms with van der Waals surface area (Å²) in [6, 6.07) is 0.699. The second-order valence-electron chi connectivity index (χ2n) is 6.35. The van der Waals surface area contributed by atoms with Crippen molar-refractivity contribution in [1.82, 2.24) is 19.9 Å². The Kier molecular flexibility index (Phi) is 5.83. The molecule has 0 spiro atoms. The topological polar surface area (TPSA) is 91.0 Å². The fraction of sp³-hybridized carbons (Fsp3) is 0.857. The van der Waals surface area contributed by atoms with Gasteiger partial charge in [-0.15, -0.1) is 0 Å². The molecule has 2 heterocycles. The predicted molar refractivity (Wildman–Crippen MR) is 85.1 cm³/mol. The number of hydrogen-bond donors (Lipinski definition) is 3. The first-order chi connectivity index (χ1) is 9.99. The molecule has 21 heavy (non-hydrogen) atoms. The first-order valence-corrected chi connectivity index (χ1v) is 7.91. The van der Waals surface area contributed by atoms with Gasteiger partial charge in [0.25, 0.3) is 0 Å². The number of nitrogens with zero attached hydrogens (tertiary/aromatic N) is 4. The maximum atomic E-state index is 6.08. The summed E-state index contributed by atoms with van der Waals surface area (Å²) in [6.07, 6.45) is 7.55. The molecule has 2 aliphatic rings. The number of hydrogen-bond acceptors (Lipinski definition) is 7. The quantitative estimate of drug-likeness (QED) is 0.455. The Bertz CT molecular complexity index is 357. The Hall–Kier alpha value is -0.860. The van der Waals surface area contributed by atoms with E-state index in [1.54, 1.807) is 5.01 Å². The van der Waals surface area contributed by atoms with Crippen LogP contribution in [0.2, 0.25) is 0 Å². The molecule has 2 atom stereocenters. The summed E-state index contributed by atoms with van der Waals surface area (Å²) in [5, 5.41) is 5.58. The van der Waals surface area contributed by atoms with Crippen LogP contribution in [-0.2, 0) is 0 Å². The third kappa shape index (κ3) is 4.31. The van der Waals surface area contributed by atoms with Crippen molar-refractivity contribution in [1.29, 1.82) is 0 Å². The molecule has 7 heteroatoms. The van der Waals surface area contributed by atoms with Crippen molar-refractivity contribution in [3.8, 4) is 0 Å². The van der Waals surface area contributed by atoms with Gasteiger partial charge in [0, 0.05) is 51.2 Å². The Balaban J connectivity index is 1.85. The Morgan fingerprint density at radius 3 is 2.71 bits per heavy atom. The van der Waals surface area contributed by atoms with Gasteiger partial charge >= 0.3 is 0 Å². The van der Waals surface area contributed by atoms with Gasteiger partial charge in [-0.1, -0.05) is 0 Å². The van der Waals surface area contributed by atoms with Crippen LogP contribution < -0.4 is 17.5 Å². The summed E-state index contributed by atoms with van der Waals surface area (Å²) in [4.78, 5) is 2.29. The molecule has 1 saturated heterocycles. The minimum atomic E-state index is 0.320. The minimum absolute atomic E-state index is 0.320. The molecular formula is C14H31N7. The summed E-state index contributed by atoms with van der Waals surface area (Å²) in [6.45, 7) is 2.85. The van der Waals surface area contributed by atoms with Crippen molar-refractivity contribution in [2.45, 2.75) is 44.2 Å². The van der Waals surface area contributed by atoms with Crippen molar-refractivity contribution in [2.75, 3.05) is 33.7 Å². The van der Waals surface area contributed by atoms with Crippen LogP contribution in [-0.4, -0.2) is 65.7 Å². The van der Waals surface area contributed by atoms with Crippen molar-refractivity contribution in [3.05, 3.63) is 11.9 Å². The number of rotatable bonds is 6. The van der Waals surface area contributed by atoms with Crippen LogP contribution in [0.5, 0.6) is 0 Å². The molecule has 6 N–H and O–H groups in total. The lowest BCUT2D eigenvalue weighted by Crippen LogP contribution is -2.52. The lowest BCUT2D eigenvalue weighted by molar-refractivity contribution is 0.115. The molecule has 0 aromatic heterocycles. The third-order valence-corrected chi connectivity index (χ3v) is 4.74. The van der Waals surface area contributed by atoms with E-state index < -0.39 is 0 Å². The second kappa shape index (κ2) is 7.42. The first kappa shape index (κ1) is 16.5. The highest BCUT2D eigenvalue weighted by Crippen LogP contribution is 2.24. The number of nitrogens with two attached hydrogens (primary N) is 3. The van der Waals surface area contributed by atoms with E-state index in [4.69, 9.17) is 17.5 Å². The Labute approximate surface area is 128 Å². The zero-order valence-corrected chi connectivity index (χ0v) is 13.4. The lowest BCUT2D eigenvalue weighted by atomic mass is 9.99. The molecule has 0 amide bonds. The van der Waals surface area contributed by atoms with E-state index in [9.17, 15) is 0 Å². The highest BCUT2D eigenvalue weighted by molar-refractivity contribution is 5.03. The van der Waals surface area contributed by atoms with Gasteiger partial charge in [0.15, 0.2) is 0 Å². The van der Waals surface area contributed by atoms with Gasteiger partial charge in [0.05, 0.1) is 6.54 Å². The molecule has 7 nitrogen and oxygen atoms in total. The standard InChI is InChI=1S/C14H31N7/c1-18-9-10-20(16)11-12(18)5-3-6-13(19(2)15)14-7-4-8-21(14)17/h11,13-14H,3-10,15-17H2,1-2H3. The molecule has 0 aromatic rings. The van der Waals surface area contributed by atoms with Gasteiger partial charge in [-0.3, -0.25) is 11.7 Å². The van der Waals surface area contributed by atoms with Crippen LogP contribution in [0.1, 0.15) is 32.1 Å².